The zero-order valence-electron chi connectivity index (χ0n) is 13.2. The number of aromatic nitrogens is 2. The van der Waals surface area contributed by atoms with E-state index in [1.807, 2.05) is 44.2 Å². The summed E-state index contributed by atoms with van der Waals surface area (Å²) in [6.07, 6.45) is 1.64. The maximum Gasteiger partial charge on any atom is 0.147 e. The topological polar surface area (TPSA) is 76.9 Å². The summed E-state index contributed by atoms with van der Waals surface area (Å²) in [5.74, 6) is 0.589. The second-order valence-electron chi connectivity index (χ2n) is 5.62. The highest BCUT2D eigenvalue weighted by Crippen LogP contribution is 2.37. The average molecular weight is 380 g/mol. The SMILES string of the molecule is CC(C)Nc1c(C#N)c(-c2ccccc2)c(C#N)c2c(Br)cnn12. The standard InChI is InChI=1S/C18H14BrN5/c1-11(2)23-18-14(9-21)16(12-6-4-3-5-7-12)13(8-20)17-15(19)10-22-24(17)18/h3-7,10-11,23H,1-2H3. The fourth-order valence-electron chi connectivity index (χ4n) is 2.71. The van der Waals surface area contributed by atoms with E-state index in [-0.39, 0.29) is 6.04 Å². The molecular weight excluding hydrogens is 366 g/mol. The lowest BCUT2D eigenvalue weighted by Crippen LogP contribution is -2.16. The van der Waals surface area contributed by atoms with Crippen LogP contribution in [0.3, 0.4) is 0 Å². The van der Waals surface area contributed by atoms with E-state index in [0.29, 0.717) is 32.5 Å². The molecular formula is C18H14BrN5. The number of benzene rings is 1. The molecule has 0 saturated heterocycles. The lowest BCUT2D eigenvalue weighted by Gasteiger charge is -2.18. The Kier molecular flexibility index (Phi) is 4.24. The van der Waals surface area contributed by atoms with Gasteiger partial charge in [-0.15, -0.1) is 0 Å². The Morgan fingerprint density at radius 3 is 2.38 bits per heavy atom. The molecule has 0 bridgehead atoms. The molecule has 0 aliphatic heterocycles. The van der Waals surface area contributed by atoms with Crippen LogP contribution in [0.1, 0.15) is 25.0 Å². The minimum absolute atomic E-state index is 0.111. The van der Waals surface area contributed by atoms with Crippen LogP contribution >= 0.6 is 15.9 Å². The van der Waals surface area contributed by atoms with Crippen molar-refractivity contribution in [2.45, 2.75) is 19.9 Å². The van der Waals surface area contributed by atoms with E-state index in [4.69, 9.17) is 0 Å². The van der Waals surface area contributed by atoms with Gasteiger partial charge in [0.25, 0.3) is 0 Å². The van der Waals surface area contributed by atoms with Crippen LogP contribution in [0.25, 0.3) is 16.6 Å². The Morgan fingerprint density at radius 1 is 1.12 bits per heavy atom. The highest BCUT2D eigenvalue weighted by Gasteiger charge is 2.23. The summed E-state index contributed by atoms with van der Waals surface area (Å²) in [4.78, 5) is 0. The van der Waals surface area contributed by atoms with Crippen molar-refractivity contribution >= 4 is 27.3 Å². The number of nitrogens with one attached hydrogen (secondary N) is 1. The molecule has 0 aliphatic carbocycles. The number of rotatable bonds is 3. The Morgan fingerprint density at radius 2 is 1.79 bits per heavy atom. The lowest BCUT2D eigenvalue weighted by atomic mass is 9.95. The molecule has 0 amide bonds. The highest BCUT2D eigenvalue weighted by atomic mass is 79.9. The number of nitriles is 2. The van der Waals surface area contributed by atoms with Gasteiger partial charge in [-0.2, -0.15) is 15.6 Å². The molecule has 3 rings (SSSR count). The van der Waals surface area contributed by atoms with Gasteiger partial charge in [0.05, 0.1) is 16.2 Å². The van der Waals surface area contributed by atoms with Crippen molar-refractivity contribution in [3.05, 3.63) is 52.1 Å². The van der Waals surface area contributed by atoms with E-state index in [0.717, 1.165) is 5.56 Å². The molecule has 118 valence electrons. The normalized spacial score (nSPS) is 10.6. The molecule has 0 aliphatic rings. The Balaban J connectivity index is 2.52. The molecule has 5 nitrogen and oxygen atoms in total. The van der Waals surface area contributed by atoms with Crippen molar-refractivity contribution in [3.8, 4) is 23.3 Å². The number of hydrogen-bond donors (Lipinski definition) is 1. The second kappa shape index (κ2) is 6.35. The van der Waals surface area contributed by atoms with Crippen molar-refractivity contribution < 1.29 is 0 Å². The summed E-state index contributed by atoms with van der Waals surface area (Å²) in [6, 6.07) is 14.1. The summed E-state index contributed by atoms with van der Waals surface area (Å²) < 4.78 is 2.33. The monoisotopic (exact) mass is 379 g/mol. The van der Waals surface area contributed by atoms with Crippen LogP contribution < -0.4 is 5.32 Å². The smallest absolute Gasteiger partial charge is 0.147 e. The Bertz CT molecular complexity index is 990. The molecule has 6 heteroatoms. The van der Waals surface area contributed by atoms with Crippen LogP contribution in [0.4, 0.5) is 5.82 Å². The van der Waals surface area contributed by atoms with Crippen LogP contribution in [-0.2, 0) is 0 Å². The van der Waals surface area contributed by atoms with E-state index < -0.39 is 0 Å². The first-order valence-electron chi connectivity index (χ1n) is 7.43. The maximum absolute atomic E-state index is 9.81. The molecule has 1 N–H and O–H groups in total. The molecule has 1 aromatic carbocycles. The minimum Gasteiger partial charge on any atom is -0.367 e. The molecule has 0 spiro atoms. The van der Waals surface area contributed by atoms with Gasteiger partial charge < -0.3 is 5.32 Å². The molecule has 24 heavy (non-hydrogen) atoms. The molecule has 0 fully saturated rings. The van der Waals surface area contributed by atoms with Crippen molar-refractivity contribution in [1.82, 2.24) is 9.61 Å². The van der Waals surface area contributed by atoms with Crippen LogP contribution in [0.15, 0.2) is 41.0 Å². The third kappa shape index (κ3) is 2.51. The largest absolute Gasteiger partial charge is 0.367 e. The van der Waals surface area contributed by atoms with Crippen molar-refractivity contribution in [1.29, 1.82) is 10.5 Å². The number of pyridine rings is 1. The summed E-state index contributed by atoms with van der Waals surface area (Å²) >= 11 is 3.47. The lowest BCUT2D eigenvalue weighted by molar-refractivity contribution is 0.855. The maximum atomic E-state index is 9.81. The van der Waals surface area contributed by atoms with Crippen LogP contribution in [-0.4, -0.2) is 15.7 Å². The van der Waals surface area contributed by atoms with Gasteiger partial charge in [0.1, 0.15) is 29.0 Å². The van der Waals surface area contributed by atoms with E-state index in [1.54, 1.807) is 10.7 Å². The number of fused-ring (bicyclic) bond motifs is 1. The third-order valence-corrected chi connectivity index (χ3v) is 4.20. The van der Waals surface area contributed by atoms with E-state index in [2.05, 4.69) is 38.5 Å². The zero-order valence-corrected chi connectivity index (χ0v) is 14.8. The zero-order chi connectivity index (χ0) is 17.3. The van der Waals surface area contributed by atoms with Crippen molar-refractivity contribution in [2.75, 3.05) is 5.32 Å². The summed E-state index contributed by atoms with van der Waals surface area (Å²) in [6.45, 7) is 3.98. The summed E-state index contributed by atoms with van der Waals surface area (Å²) in [5.41, 5.74) is 2.94. The minimum atomic E-state index is 0.111. The molecule has 0 saturated carbocycles. The van der Waals surface area contributed by atoms with E-state index in [9.17, 15) is 10.5 Å². The first-order valence-corrected chi connectivity index (χ1v) is 8.23. The van der Waals surface area contributed by atoms with Crippen LogP contribution in [0.2, 0.25) is 0 Å². The van der Waals surface area contributed by atoms with Crippen molar-refractivity contribution in [2.24, 2.45) is 0 Å². The Labute approximate surface area is 148 Å². The first-order chi connectivity index (χ1) is 11.6. The third-order valence-electron chi connectivity index (χ3n) is 3.62. The number of halogens is 1. The quantitative estimate of drug-likeness (QED) is 0.734. The Hall–Kier alpha value is -2.83. The summed E-state index contributed by atoms with van der Waals surface area (Å²) in [5, 5.41) is 27.2. The van der Waals surface area contributed by atoms with E-state index in [1.165, 1.54) is 0 Å². The molecule has 3 aromatic rings. The summed E-state index contributed by atoms with van der Waals surface area (Å²) in [7, 11) is 0. The van der Waals surface area contributed by atoms with Gasteiger partial charge >= 0.3 is 0 Å². The average Bonchev–Trinajstić information content (AvgIpc) is 2.96. The van der Waals surface area contributed by atoms with E-state index >= 15 is 0 Å². The van der Waals surface area contributed by atoms with Gasteiger partial charge in [-0.05, 0) is 35.3 Å². The second-order valence-corrected chi connectivity index (χ2v) is 6.47. The number of hydrogen-bond acceptors (Lipinski definition) is 4. The predicted molar refractivity (Wildman–Crippen MR) is 96.5 cm³/mol. The van der Waals surface area contributed by atoms with Crippen molar-refractivity contribution in [3.63, 3.8) is 0 Å². The molecule has 2 aromatic heterocycles. The van der Waals surface area contributed by atoms with Crippen LogP contribution in [0, 0.1) is 22.7 Å². The predicted octanol–water partition coefficient (Wildman–Crippen LogP) is 4.33. The first kappa shape index (κ1) is 16.0. The van der Waals surface area contributed by atoms with Gasteiger partial charge in [-0.3, -0.25) is 0 Å². The van der Waals surface area contributed by atoms with Gasteiger partial charge in [0.15, 0.2) is 0 Å². The van der Waals surface area contributed by atoms with Gasteiger partial charge in [-0.25, -0.2) is 4.52 Å². The highest BCUT2D eigenvalue weighted by molar-refractivity contribution is 9.10. The molecule has 2 heterocycles. The fourth-order valence-corrected chi connectivity index (χ4v) is 3.17. The molecule has 0 atom stereocenters. The van der Waals surface area contributed by atoms with Crippen LogP contribution in [0.5, 0.6) is 0 Å². The molecule has 0 unspecified atom stereocenters. The fraction of sp³-hybridized carbons (Fsp3) is 0.167. The van der Waals surface area contributed by atoms with Gasteiger partial charge in [-0.1, -0.05) is 30.3 Å². The van der Waals surface area contributed by atoms with Gasteiger partial charge in [0, 0.05) is 11.6 Å². The number of nitrogens with zero attached hydrogens (tertiary/aromatic N) is 4. The van der Waals surface area contributed by atoms with Gasteiger partial charge in [0.2, 0.25) is 0 Å². The molecule has 0 radical (unpaired) electrons. The number of anilines is 1.